The summed E-state index contributed by atoms with van der Waals surface area (Å²) >= 11 is 13.7. The van der Waals surface area contributed by atoms with Crippen molar-refractivity contribution in [2.24, 2.45) is 0 Å². The van der Waals surface area contributed by atoms with Gasteiger partial charge in [0.15, 0.2) is 15.0 Å². The number of benzene rings is 2. The highest BCUT2D eigenvalue weighted by Gasteiger charge is 2.32. The summed E-state index contributed by atoms with van der Waals surface area (Å²) in [4.78, 5) is 7.22. The van der Waals surface area contributed by atoms with Crippen molar-refractivity contribution >= 4 is 49.5 Å². The summed E-state index contributed by atoms with van der Waals surface area (Å²) in [6.45, 7) is 5.60. The van der Waals surface area contributed by atoms with Crippen LogP contribution in [0.3, 0.4) is 0 Å². The average molecular weight is 495 g/mol. The summed E-state index contributed by atoms with van der Waals surface area (Å²) in [5.41, 5.74) is 4.94. The van der Waals surface area contributed by atoms with Gasteiger partial charge in [-0.1, -0.05) is 41.4 Å². The van der Waals surface area contributed by atoms with Gasteiger partial charge in [-0.15, -0.1) is 11.3 Å². The van der Waals surface area contributed by atoms with Gasteiger partial charge in [-0.25, -0.2) is 13.4 Å². The lowest BCUT2D eigenvalue weighted by molar-refractivity contribution is 0.529. The Labute approximate surface area is 197 Å². The largest absolute Gasteiger partial charge is 0.348 e. The van der Waals surface area contributed by atoms with E-state index in [4.69, 9.17) is 28.2 Å². The molecule has 1 aromatic heterocycles. The molecule has 1 fully saturated rings. The Hall–Kier alpha value is -1.60. The molecule has 0 radical (unpaired) electrons. The molecule has 0 unspecified atom stereocenters. The number of piperidine rings is 1. The molecular weight excluding hydrogens is 471 g/mol. The van der Waals surface area contributed by atoms with Crippen LogP contribution in [0.2, 0.25) is 10.0 Å². The third-order valence-electron chi connectivity index (χ3n) is 5.94. The first-order chi connectivity index (χ1) is 14.7. The lowest BCUT2D eigenvalue weighted by atomic mass is 10.0. The number of sulfone groups is 1. The molecule has 0 amide bonds. The number of anilines is 1. The molecule has 3 aromatic rings. The minimum atomic E-state index is -3.47. The Morgan fingerprint density at radius 2 is 1.77 bits per heavy atom. The number of halogens is 2. The highest BCUT2D eigenvalue weighted by Crippen LogP contribution is 2.32. The van der Waals surface area contributed by atoms with Crippen molar-refractivity contribution in [3.05, 3.63) is 74.2 Å². The van der Waals surface area contributed by atoms with Crippen molar-refractivity contribution in [2.75, 3.05) is 18.0 Å². The van der Waals surface area contributed by atoms with E-state index >= 15 is 0 Å². The van der Waals surface area contributed by atoms with Gasteiger partial charge in [0, 0.05) is 34.9 Å². The summed E-state index contributed by atoms with van der Waals surface area (Å²) in [6, 6.07) is 10.9. The fraction of sp³-hybridized carbons (Fsp3) is 0.348. The molecule has 31 heavy (non-hydrogen) atoms. The van der Waals surface area contributed by atoms with E-state index in [1.807, 2.05) is 0 Å². The lowest BCUT2D eigenvalue weighted by Crippen LogP contribution is -2.39. The number of hydrogen-bond acceptors (Lipinski definition) is 5. The zero-order valence-electron chi connectivity index (χ0n) is 17.4. The summed E-state index contributed by atoms with van der Waals surface area (Å²) in [5, 5.41) is 3.30. The van der Waals surface area contributed by atoms with Gasteiger partial charge in [0.25, 0.3) is 0 Å². The Morgan fingerprint density at radius 3 is 2.45 bits per heavy atom. The first-order valence-corrected chi connectivity index (χ1v) is 13.4. The maximum atomic E-state index is 13.1. The first kappa shape index (κ1) is 22.6. The number of aromatic nitrogens is 1. The lowest BCUT2D eigenvalue weighted by Gasteiger charge is -2.31. The Balaban J connectivity index is 1.43. The van der Waals surface area contributed by atoms with Gasteiger partial charge in [-0.05, 0) is 61.6 Å². The topological polar surface area (TPSA) is 50.3 Å². The van der Waals surface area contributed by atoms with Crippen molar-refractivity contribution in [1.29, 1.82) is 0 Å². The van der Waals surface area contributed by atoms with Crippen LogP contribution in [0.15, 0.2) is 46.7 Å². The van der Waals surface area contributed by atoms with Crippen LogP contribution in [0.25, 0.3) is 0 Å². The fourth-order valence-corrected chi connectivity index (χ4v) is 7.30. The van der Waals surface area contributed by atoms with Gasteiger partial charge in [0.2, 0.25) is 0 Å². The monoisotopic (exact) mass is 494 g/mol. The van der Waals surface area contributed by atoms with Crippen LogP contribution in [-0.2, 0) is 16.3 Å². The molecule has 0 spiro atoms. The molecule has 0 saturated carbocycles. The van der Waals surface area contributed by atoms with Crippen LogP contribution in [-0.4, -0.2) is 31.7 Å². The van der Waals surface area contributed by atoms with E-state index in [2.05, 4.69) is 42.3 Å². The molecule has 1 saturated heterocycles. The van der Waals surface area contributed by atoms with Gasteiger partial charge in [-0.3, -0.25) is 0 Å². The van der Waals surface area contributed by atoms with Crippen LogP contribution in [0.5, 0.6) is 0 Å². The summed E-state index contributed by atoms with van der Waals surface area (Å²) in [7, 11) is -3.47. The molecule has 2 aromatic carbocycles. The third-order valence-corrected chi connectivity index (χ3v) is 9.57. The summed E-state index contributed by atoms with van der Waals surface area (Å²) in [5.74, 6) is 0. The zero-order valence-corrected chi connectivity index (χ0v) is 20.6. The smallest absolute Gasteiger partial charge is 0.185 e. The van der Waals surface area contributed by atoms with E-state index in [0.29, 0.717) is 36.0 Å². The predicted octanol–water partition coefficient (Wildman–Crippen LogP) is 6.10. The van der Waals surface area contributed by atoms with Crippen LogP contribution in [0.4, 0.5) is 5.13 Å². The maximum absolute atomic E-state index is 13.1. The molecule has 1 aliphatic rings. The number of rotatable bonds is 5. The van der Waals surface area contributed by atoms with E-state index < -0.39 is 15.1 Å². The Bertz CT molecular complexity index is 1180. The summed E-state index contributed by atoms with van der Waals surface area (Å²) < 4.78 is 26.1. The first-order valence-electron chi connectivity index (χ1n) is 10.2. The van der Waals surface area contributed by atoms with Gasteiger partial charge in [0.05, 0.1) is 15.8 Å². The van der Waals surface area contributed by atoms with Gasteiger partial charge in [0.1, 0.15) is 0 Å². The van der Waals surface area contributed by atoms with Gasteiger partial charge >= 0.3 is 0 Å². The highest BCUT2D eigenvalue weighted by atomic mass is 35.5. The number of thiazole rings is 1. The van der Waals surface area contributed by atoms with Crippen molar-refractivity contribution < 1.29 is 8.42 Å². The molecule has 0 bridgehead atoms. The standard InChI is InChI=1S/C23H24Cl2N2O2S2/c1-15-4-3-5-17(16(15)2)10-20-14-30-23(26-20)27-8-6-21(7-9-27)31(28,29)22-12-18(24)11-19(25)13-22/h3-5,11-14,21H,6-10H2,1-2H3. The molecule has 2 heterocycles. The molecule has 4 rings (SSSR count). The Morgan fingerprint density at radius 1 is 1.10 bits per heavy atom. The predicted molar refractivity (Wildman–Crippen MR) is 130 cm³/mol. The normalized spacial score (nSPS) is 15.4. The summed E-state index contributed by atoms with van der Waals surface area (Å²) in [6.07, 6.45) is 1.92. The van der Waals surface area contributed by atoms with Crippen LogP contribution >= 0.6 is 34.5 Å². The van der Waals surface area contributed by atoms with Crippen molar-refractivity contribution in [3.63, 3.8) is 0 Å². The number of aryl methyl sites for hydroxylation is 1. The van der Waals surface area contributed by atoms with Crippen LogP contribution in [0, 0.1) is 13.8 Å². The molecule has 1 aliphatic heterocycles. The maximum Gasteiger partial charge on any atom is 0.185 e. The highest BCUT2D eigenvalue weighted by molar-refractivity contribution is 7.92. The van der Waals surface area contributed by atoms with Crippen LogP contribution in [0.1, 0.15) is 35.2 Å². The minimum Gasteiger partial charge on any atom is -0.348 e. The molecule has 4 nitrogen and oxygen atoms in total. The Kier molecular flexibility index (Phi) is 6.63. The number of hydrogen-bond donors (Lipinski definition) is 0. The quantitative estimate of drug-likeness (QED) is 0.429. The SMILES string of the molecule is Cc1cccc(Cc2csc(N3CCC(S(=O)(=O)c4cc(Cl)cc(Cl)c4)CC3)n2)c1C. The van der Waals surface area contributed by atoms with E-state index in [-0.39, 0.29) is 4.90 Å². The van der Waals surface area contributed by atoms with Crippen molar-refractivity contribution in [3.8, 4) is 0 Å². The van der Waals surface area contributed by atoms with Crippen molar-refractivity contribution in [2.45, 2.75) is 43.3 Å². The average Bonchev–Trinajstić information content (AvgIpc) is 3.19. The second-order valence-corrected chi connectivity index (χ2v) is 11.9. The molecule has 164 valence electrons. The van der Waals surface area contributed by atoms with Gasteiger partial charge in [-0.2, -0.15) is 0 Å². The second kappa shape index (κ2) is 9.10. The van der Waals surface area contributed by atoms with Gasteiger partial charge < -0.3 is 4.90 Å². The molecule has 0 aliphatic carbocycles. The molecule has 8 heteroatoms. The van der Waals surface area contributed by atoms with Crippen molar-refractivity contribution in [1.82, 2.24) is 4.98 Å². The van der Waals surface area contributed by atoms with E-state index in [1.54, 1.807) is 17.4 Å². The fourth-order valence-electron chi connectivity index (χ4n) is 3.96. The third kappa shape index (κ3) is 4.92. The number of nitrogens with zero attached hydrogens (tertiary/aromatic N) is 2. The molecule has 0 atom stereocenters. The van der Waals surface area contributed by atoms with E-state index in [1.165, 1.54) is 28.8 Å². The zero-order chi connectivity index (χ0) is 22.2. The molecular formula is C23H24Cl2N2O2S2. The second-order valence-electron chi connectivity index (χ2n) is 7.99. The van der Waals surface area contributed by atoms with E-state index in [9.17, 15) is 8.42 Å². The minimum absolute atomic E-state index is 0.202. The van der Waals surface area contributed by atoms with E-state index in [0.717, 1.165) is 17.2 Å². The van der Waals surface area contributed by atoms with Crippen LogP contribution < -0.4 is 4.90 Å². The molecule has 0 N–H and O–H groups in total.